The van der Waals surface area contributed by atoms with Gasteiger partial charge in [0.25, 0.3) is 0 Å². The molecule has 1 aliphatic heterocycles. The molecule has 1 aliphatic rings. The number of fused-ring (bicyclic) bond motifs is 1. The molecule has 0 unspecified atom stereocenters. The zero-order chi connectivity index (χ0) is 17.5. The summed E-state index contributed by atoms with van der Waals surface area (Å²) in [5.41, 5.74) is 6.53. The second-order valence-electron chi connectivity index (χ2n) is 7.81. The van der Waals surface area contributed by atoms with Gasteiger partial charge in [-0.25, -0.2) is 0 Å². The van der Waals surface area contributed by atoms with Crippen molar-refractivity contribution in [1.29, 1.82) is 0 Å². The molecule has 2 heterocycles. The highest BCUT2D eigenvalue weighted by Gasteiger charge is 2.32. The van der Waals surface area contributed by atoms with Crippen LogP contribution in [0.4, 0.5) is 5.69 Å². The van der Waals surface area contributed by atoms with E-state index in [0.29, 0.717) is 17.9 Å². The average Bonchev–Trinajstić information content (AvgIpc) is 2.44. The second-order valence-corrected chi connectivity index (χ2v) is 7.81. The molecule has 0 saturated heterocycles. The number of rotatable bonds is 2. The van der Waals surface area contributed by atoms with E-state index < -0.39 is 0 Å². The summed E-state index contributed by atoms with van der Waals surface area (Å²) in [6.45, 7) is 21.0. The molecule has 0 saturated carbocycles. The van der Waals surface area contributed by atoms with Crippen molar-refractivity contribution in [3.63, 3.8) is 0 Å². The molecule has 2 rings (SSSR count). The van der Waals surface area contributed by atoms with Gasteiger partial charge in [0.05, 0.1) is 23.6 Å². The molecular weight excluding hydrogens is 284 g/mol. The average molecular weight is 319 g/mol. The monoisotopic (exact) mass is 318 g/mol. The van der Waals surface area contributed by atoms with Crippen molar-refractivity contribution in [2.75, 3.05) is 11.4 Å². The molecule has 0 N–H and O–H groups in total. The number of ether oxygens (including phenoxy) is 1. The summed E-state index contributed by atoms with van der Waals surface area (Å²) in [4.78, 5) is 7.50. The predicted molar refractivity (Wildman–Crippen MR) is 98.7 cm³/mol. The van der Waals surface area contributed by atoms with Crippen molar-refractivity contribution in [3.05, 3.63) is 22.5 Å². The topological polar surface area (TPSA) is 25.4 Å². The molecule has 1 aromatic rings. The number of pyridine rings is 1. The Balaban J connectivity index is 2.80. The molecule has 0 fully saturated rings. The third-order valence-corrected chi connectivity index (χ3v) is 5.25. The first-order valence-corrected chi connectivity index (χ1v) is 9.08. The Morgan fingerprint density at radius 3 is 2.22 bits per heavy atom. The Morgan fingerprint density at radius 1 is 1.09 bits per heavy atom. The van der Waals surface area contributed by atoms with Gasteiger partial charge in [0.1, 0.15) is 0 Å². The molecular formula is C20H34N2O. The molecule has 0 radical (unpaired) electrons. The smallest absolute Gasteiger partial charge is 0.0725 e. The van der Waals surface area contributed by atoms with Gasteiger partial charge < -0.3 is 9.64 Å². The van der Waals surface area contributed by atoms with Crippen LogP contribution in [0.1, 0.15) is 82.8 Å². The van der Waals surface area contributed by atoms with Crippen LogP contribution in [0.15, 0.2) is 0 Å². The highest BCUT2D eigenvalue weighted by Crippen LogP contribution is 2.41. The summed E-state index contributed by atoms with van der Waals surface area (Å²) in [5.74, 6) is 0.788. The molecule has 130 valence electrons. The summed E-state index contributed by atoms with van der Waals surface area (Å²) in [7, 11) is 0. The second kappa shape index (κ2) is 6.80. The minimum absolute atomic E-state index is 0.221. The Bertz CT molecular complexity index is 565. The van der Waals surface area contributed by atoms with E-state index in [0.717, 1.165) is 12.2 Å². The van der Waals surface area contributed by atoms with Crippen LogP contribution >= 0.6 is 0 Å². The fourth-order valence-electron chi connectivity index (χ4n) is 3.69. The van der Waals surface area contributed by atoms with Crippen LogP contribution < -0.4 is 4.90 Å². The maximum absolute atomic E-state index is 6.27. The van der Waals surface area contributed by atoms with Crippen LogP contribution in [0, 0.1) is 13.8 Å². The summed E-state index contributed by atoms with van der Waals surface area (Å²) < 4.78 is 6.27. The highest BCUT2D eigenvalue weighted by molar-refractivity contribution is 5.64. The van der Waals surface area contributed by atoms with Crippen LogP contribution in [0.5, 0.6) is 0 Å². The number of hydrogen-bond donors (Lipinski definition) is 0. The van der Waals surface area contributed by atoms with Crippen molar-refractivity contribution >= 4 is 5.69 Å². The lowest BCUT2D eigenvalue weighted by Gasteiger charge is -2.41. The number of aryl methyl sites for hydroxylation is 1. The standard InChI is InChI=1S/C20H34N2O/c1-11(2)19-20-18(14(6)16(8)21-19)15(7)17(9)23-13(5)10-22(20)12(3)4/h11-13,15,17H,10H2,1-9H3/t13-,15-,17+/m0/s1. The van der Waals surface area contributed by atoms with E-state index in [2.05, 4.69) is 67.2 Å². The lowest BCUT2D eigenvalue weighted by Crippen LogP contribution is -2.43. The first kappa shape index (κ1) is 18.3. The zero-order valence-corrected chi connectivity index (χ0v) is 16.4. The van der Waals surface area contributed by atoms with Crippen molar-refractivity contribution in [2.45, 2.75) is 92.4 Å². The summed E-state index contributed by atoms with van der Waals surface area (Å²) in [6, 6.07) is 0.432. The molecule has 3 heteroatoms. The Labute approximate surface area is 142 Å². The van der Waals surface area contributed by atoms with Crippen LogP contribution in [0.3, 0.4) is 0 Å². The van der Waals surface area contributed by atoms with Gasteiger partial charge in [0.2, 0.25) is 0 Å². The number of nitrogens with zero attached hydrogens (tertiary/aromatic N) is 2. The summed E-state index contributed by atoms with van der Waals surface area (Å²) in [6.07, 6.45) is 0.447. The molecule has 0 bridgehead atoms. The predicted octanol–water partition coefficient (Wildman–Crippen LogP) is 4.95. The van der Waals surface area contributed by atoms with Crippen molar-refractivity contribution in [3.8, 4) is 0 Å². The number of hydrogen-bond acceptors (Lipinski definition) is 3. The minimum Gasteiger partial charge on any atom is -0.373 e. The van der Waals surface area contributed by atoms with Crippen molar-refractivity contribution in [1.82, 2.24) is 4.98 Å². The molecule has 1 aromatic heterocycles. The number of aromatic nitrogens is 1. The van der Waals surface area contributed by atoms with Crippen LogP contribution in [-0.4, -0.2) is 29.8 Å². The van der Waals surface area contributed by atoms with Gasteiger partial charge in [-0.2, -0.15) is 0 Å². The molecule has 0 aliphatic carbocycles. The van der Waals surface area contributed by atoms with Gasteiger partial charge in [-0.05, 0) is 58.6 Å². The van der Waals surface area contributed by atoms with Gasteiger partial charge in [0, 0.05) is 24.2 Å². The van der Waals surface area contributed by atoms with E-state index in [1.807, 2.05) is 0 Å². The summed E-state index contributed by atoms with van der Waals surface area (Å²) >= 11 is 0. The third-order valence-electron chi connectivity index (χ3n) is 5.25. The lowest BCUT2D eigenvalue weighted by molar-refractivity contribution is -0.00270. The molecule has 23 heavy (non-hydrogen) atoms. The summed E-state index contributed by atoms with van der Waals surface area (Å²) in [5, 5.41) is 0. The van der Waals surface area contributed by atoms with Crippen LogP contribution in [0.25, 0.3) is 0 Å². The maximum Gasteiger partial charge on any atom is 0.0725 e. The van der Waals surface area contributed by atoms with Gasteiger partial charge in [-0.15, -0.1) is 0 Å². The highest BCUT2D eigenvalue weighted by atomic mass is 16.5. The Kier molecular flexibility index (Phi) is 5.40. The third kappa shape index (κ3) is 3.40. The van der Waals surface area contributed by atoms with Gasteiger partial charge in [0.15, 0.2) is 0 Å². The van der Waals surface area contributed by atoms with E-state index in [1.54, 1.807) is 0 Å². The fourth-order valence-corrected chi connectivity index (χ4v) is 3.69. The normalized spacial score (nSPS) is 25.5. The van der Waals surface area contributed by atoms with E-state index in [1.165, 1.54) is 22.5 Å². The SMILES string of the molecule is Cc1nc(C(C)C)c2c(c1C)[C@@H](C)[C@@H](C)O[C@@H](C)CN2C(C)C. The molecule has 3 nitrogen and oxygen atoms in total. The Hall–Kier alpha value is -1.09. The van der Waals surface area contributed by atoms with Gasteiger partial charge in [-0.3, -0.25) is 4.98 Å². The zero-order valence-electron chi connectivity index (χ0n) is 16.4. The lowest BCUT2D eigenvalue weighted by atomic mass is 9.86. The Morgan fingerprint density at radius 2 is 1.70 bits per heavy atom. The fraction of sp³-hybridized carbons (Fsp3) is 0.750. The molecule has 0 aromatic carbocycles. The molecule has 0 amide bonds. The quantitative estimate of drug-likeness (QED) is 0.771. The molecule has 0 spiro atoms. The maximum atomic E-state index is 6.27. The molecule has 3 atom stereocenters. The van der Waals surface area contributed by atoms with E-state index >= 15 is 0 Å². The van der Waals surface area contributed by atoms with Crippen LogP contribution in [-0.2, 0) is 4.74 Å². The number of anilines is 1. The van der Waals surface area contributed by atoms with Gasteiger partial charge in [-0.1, -0.05) is 20.8 Å². The van der Waals surface area contributed by atoms with E-state index in [-0.39, 0.29) is 12.2 Å². The van der Waals surface area contributed by atoms with Crippen molar-refractivity contribution in [2.24, 2.45) is 0 Å². The minimum atomic E-state index is 0.221. The van der Waals surface area contributed by atoms with Crippen LogP contribution in [0.2, 0.25) is 0 Å². The first-order valence-electron chi connectivity index (χ1n) is 9.08. The van der Waals surface area contributed by atoms with Gasteiger partial charge >= 0.3 is 0 Å². The van der Waals surface area contributed by atoms with E-state index in [4.69, 9.17) is 9.72 Å². The van der Waals surface area contributed by atoms with E-state index in [9.17, 15) is 0 Å². The van der Waals surface area contributed by atoms with Crippen molar-refractivity contribution < 1.29 is 4.74 Å². The first-order chi connectivity index (χ1) is 10.6. The largest absolute Gasteiger partial charge is 0.373 e.